The van der Waals surface area contributed by atoms with Gasteiger partial charge in [-0.2, -0.15) is 0 Å². The first-order valence-electron chi connectivity index (χ1n) is 11.5. The maximum Gasteiger partial charge on any atom is 0.249 e. The number of halogens is 2. The van der Waals surface area contributed by atoms with E-state index in [1.807, 2.05) is 45.0 Å². The van der Waals surface area contributed by atoms with E-state index >= 15 is 0 Å². The van der Waals surface area contributed by atoms with Gasteiger partial charge in [-0.05, 0) is 54.5 Å². The lowest BCUT2D eigenvalue weighted by atomic mass is 9.79. The maximum absolute atomic E-state index is 13.4. The van der Waals surface area contributed by atoms with Crippen LogP contribution in [0.5, 0.6) is 0 Å². The fourth-order valence-corrected chi connectivity index (χ4v) is 4.42. The lowest BCUT2D eigenvalue weighted by molar-refractivity contribution is -0.131. The Labute approximate surface area is 198 Å². The fourth-order valence-electron chi connectivity index (χ4n) is 4.42. The van der Waals surface area contributed by atoms with Crippen molar-refractivity contribution in [1.82, 2.24) is 10.6 Å². The molecule has 2 aromatic carbocycles. The second-order valence-electron chi connectivity index (χ2n) is 9.40. The number of rotatable bonds is 7. The predicted molar refractivity (Wildman–Crippen MR) is 126 cm³/mol. The monoisotopic (exact) mass is 471 g/mol. The third-order valence-electron chi connectivity index (χ3n) is 6.02. The lowest BCUT2D eigenvalue weighted by Crippen LogP contribution is -2.54. The minimum Gasteiger partial charge on any atom is -0.344 e. The summed E-state index contributed by atoms with van der Waals surface area (Å²) in [7, 11) is 0. The molecule has 0 bridgehead atoms. The van der Waals surface area contributed by atoms with E-state index in [2.05, 4.69) is 10.6 Å². The molecular formula is C26H31F2N3O3. The zero-order valence-electron chi connectivity index (χ0n) is 20.0. The number of fused-ring (bicyclic) bond motifs is 1. The van der Waals surface area contributed by atoms with Crippen LogP contribution in [0, 0.1) is 11.6 Å². The number of hydrogen-bond donors (Lipinski definition) is 2. The van der Waals surface area contributed by atoms with Crippen molar-refractivity contribution in [2.45, 2.75) is 64.5 Å². The van der Waals surface area contributed by atoms with Crippen molar-refractivity contribution < 1.29 is 23.2 Å². The Morgan fingerprint density at radius 1 is 1.15 bits per heavy atom. The van der Waals surface area contributed by atoms with Crippen molar-refractivity contribution in [2.24, 2.45) is 0 Å². The van der Waals surface area contributed by atoms with Gasteiger partial charge in [0.1, 0.15) is 23.7 Å². The van der Waals surface area contributed by atoms with Crippen molar-refractivity contribution >= 4 is 23.4 Å². The SMILES string of the molecule is CCCN1C(=O)C(NC(=O)[C@H](C)NC(=O)Cc2cc(F)cc(F)c2)CC(C)(C)c2ccccc21. The number of carbonyl (C=O) groups is 3. The molecule has 0 fully saturated rings. The zero-order chi connectivity index (χ0) is 25.0. The molecule has 34 heavy (non-hydrogen) atoms. The lowest BCUT2D eigenvalue weighted by Gasteiger charge is -2.28. The highest BCUT2D eigenvalue weighted by Gasteiger charge is 2.39. The average molecular weight is 472 g/mol. The summed E-state index contributed by atoms with van der Waals surface area (Å²) in [5.41, 5.74) is 1.67. The molecule has 0 saturated carbocycles. The van der Waals surface area contributed by atoms with Gasteiger partial charge in [-0.15, -0.1) is 0 Å². The van der Waals surface area contributed by atoms with Crippen LogP contribution in [0.25, 0.3) is 0 Å². The second kappa shape index (κ2) is 10.3. The van der Waals surface area contributed by atoms with Gasteiger partial charge in [-0.3, -0.25) is 14.4 Å². The Hall–Kier alpha value is -3.29. The fraction of sp³-hybridized carbons (Fsp3) is 0.423. The number of para-hydroxylation sites is 1. The van der Waals surface area contributed by atoms with Crippen LogP contribution in [0.15, 0.2) is 42.5 Å². The van der Waals surface area contributed by atoms with Gasteiger partial charge in [0.15, 0.2) is 0 Å². The molecule has 0 spiro atoms. The molecule has 2 aromatic rings. The molecule has 8 heteroatoms. The number of benzene rings is 2. The van der Waals surface area contributed by atoms with Gasteiger partial charge >= 0.3 is 0 Å². The molecule has 1 aliphatic rings. The third kappa shape index (κ3) is 5.79. The van der Waals surface area contributed by atoms with Crippen molar-refractivity contribution in [3.8, 4) is 0 Å². The number of amides is 3. The van der Waals surface area contributed by atoms with E-state index in [0.29, 0.717) is 13.0 Å². The van der Waals surface area contributed by atoms with Gasteiger partial charge in [0, 0.05) is 18.3 Å². The van der Waals surface area contributed by atoms with E-state index in [1.165, 1.54) is 6.92 Å². The minimum absolute atomic E-state index is 0.163. The van der Waals surface area contributed by atoms with Crippen LogP contribution in [0.2, 0.25) is 0 Å². The van der Waals surface area contributed by atoms with Crippen molar-refractivity contribution in [2.75, 3.05) is 11.4 Å². The number of anilines is 1. The molecule has 2 atom stereocenters. The topological polar surface area (TPSA) is 78.5 Å². The van der Waals surface area contributed by atoms with Gasteiger partial charge in [0.05, 0.1) is 6.42 Å². The molecule has 2 N–H and O–H groups in total. The molecule has 1 unspecified atom stereocenters. The van der Waals surface area contributed by atoms with E-state index in [9.17, 15) is 23.2 Å². The summed E-state index contributed by atoms with van der Waals surface area (Å²) in [6.45, 7) is 8.09. The number of carbonyl (C=O) groups excluding carboxylic acids is 3. The molecule has 0 saturated heterocycles. The summed E-state index contributed by atoms with van der Waals surface area (Å²) in [5, 5.41) is 5.35. The Morgan fingerprint density at radius 2 is 1.79 bits per heavy atom. The Kier molecular flexibility index (Phi) is 7.69. The van der Waals surface area contributed by atoms with Crippen molar-refractivity contribution in [3.05, 3.63) is 65.2 Å². The number of nitrogens with one attached hydrogen (secondary N) is 2. The van der Waals surface area contributed by atoms with Gasteiger partial charge in [0.2, 0.25) is 17.7 Å². The maximum atomic E-state index is 13.4. The Balaban J connectivity index is 1.71. The molecule has 182 valence electrons. The highest BCUT2D eigenvalue weighted by Crippen LogP contribution is 2.39. The standard InChI is InChI=1S/C26H31F2N3O3/c1-5-10-31-22-9-7-6-8-20(22)26(3,4)15-21(25(31)34)30-24(33)16(2)29-23(32)13-17-11-18(27)14-19(28)12-17/h6-9,11-12,14,16,21H,5,10,13,15H2,1-4H3,(H,29,32)(H,30,33)/t16-,21?/m0/s1. The smallest absolute Gasteiger partial charge is 0.249 e. The normalized spacial score (nSPS) is 18.0. The molecule has 0 aromatic heterocycles. The Morgan fingerprint density at radius 3 is 2.44 bits per heavy atom. The molecule has 1 heterocycles. The molecule has 6 nitrogen and oxygen atoms in total. The molecule has 3 rings (SSSR count). The summed E-state index contributed by atoms with van der Waals surface area (Å²) in [6.07, 6.45) is 0.883. The van der Waals surface area contributed by atoms with Crippen LogP contribution < -0.4 is 15.5 Å². The summed E-state index contributed by atoms with van der Waals surface area (Å²) in [4.78, 5) is 40.4. The van der Waals surface area contributed by atoms with Gasteiger partial charge in [-0.1, -0.05) is 39.0 Å². The summed E-state index contributed by atoms with van der Waals surface area (Å²) >= 11 is 0. The average Bonchev–Trinajstić information content (AvgIpc) is 2.82. The van der Waals surface area contributed by atoms with E-state index < -0.39 is 35.5 Å². The Bertz CT molecular complexity index is 1070. The van der Waals surface area contributed by atoms with Crippen LogP contribution in [-0.2, 0) is 26.2 Å². The van der Waals surface area contributed by atoms with E-state index in [0.717, 1.165) is 35.9 Å². The van der Waals surface area contributed by atoms with E-state index in [4.69, 9.17) is 0 Å². The number of hydrogen-bond acceptors (Lipinski definition) is 3. The second-order valence-corrected chi connectivity index (χ2v) is 9.40. The highest BCUT2D eigenvalue weighted by atomic mass is 19.1. The number of nitrogens with zero attached hydrogens (tertiary/aromatic N) is 1. The molecular weight excluding hydrogens is 440 g/mol. The highest BCUT2D eigenvalue weighted by molar-refractivity contribution is 6.01. The third-order valence-corrected chi connectivity index (χ3v) is 6.02. The van der Waals surface area contributed by atoms with Crippen LogP contribution in [0.3, 0.4) is 0 Å². The van der Waals surface area contributed by atoms with Crippen molar-refractivity contribution in [1.29, 1.82) is 0 Å². The molecule has 1 aliphatic heterocycles. The van der Waals surface area contributed by atoms with E-state index in [-0.39, 0.29) is 23.3 Å². The first-order valence-corrected chi connectivity index (χ1v) is 11.5. The predicted octanol–water partition coefficient (Wildman–Crippen LogP) is 3.62. The molecule has 0 radical (unpaired) electrons. The first kappa shape index (κ1) is 25.3. The largest absolute Gasteiger partial charge is 0.344 e. The summed E-state index contributed by atoms with van der Waals surface area (Å²) in [6, 6.07) is 8.93. The van der Waals surface area contributed by atoms with Gasteiger partial charge in [-0.25, -0.2) is 8.78 Å². The van der Waals surface area contributed by atoms with Crippen LogP contribution >= 0.6 is 0 Å². The van der Waals surface area contributed by atoms with Gasteiger partial charge < -0.3 is 15.5 Å². The van der Waals surface area contributed by atoms with E-state index in [1.54, 1.807) is 4.90 Å². The van der Waals surface area contributed by atoms with Crippen LogP contribution in [0.4, 0.5) is 14.5 Å². The summed E-state index contributed by atoms with van der Waals surface area (Å²) < 4.78 is 26.8. The minimum atomic E-state index is -0.938. The van der Waals surface area contributed by atoms with Crippen molar-refractivity contribution in [3.63, 3.8) is 0 Å². The van der Waals surface area contributed by atoms with Crippen LogP contribution in [-0.4, -0.2) is 36.3 Å². The zero-order valence-corrected chi connectivity index (χ0v) is 20.0. The molecule has 3 amide bonds. The molecule has 0 aliphatic carbocycles. The summed E-state index contributed by atoms with van der Waals surface area (Å²) in [5.74, 6) is -2.81. The van der Waals surface area contributed by atoms with Crippen LogP contribution in [0.1, 0.15) is 51.7 Å². The van der Waals surface area contributed by atoms with Gasteiger partial charge in [0.25, 0.3) is 0 Å². The quantitative estimate of drug-likeness (QED) is 0.648. The first-order chi connectivity index (χ1) is 16.0.